The van der Waals surface area contributed by atoms with E-state index in [4.69, 9.17) is 9.15 Å². The number of thioether (sulfide) groups is 1. The number of hydrogen-bond donors (Lipinski definition) is 0. The molecule has 7 nitrogen and oxygen atoms in total. The second-order valence-electron chi connectivity index (χ2n) is 3.99. The van der Waals surface area contributed by atoms with Crippen molar-refractivity contribution in [2.24, 2.45) is 7.05 Å². The molecule has 2 aromatic rings. The van der Waals surface area contributed by atoms with E-state index in [-0.39, 0.29) is 12.5 Å². The highest BCUT2D eigenvalue weighted by Gasteiger charge is 2.16. The van der Waals surface area contributed by atoms with E-state index in [2.05, 4.69) is 22.2 Å². The summed E-state index contributed by atoms with van der Waals surface area (Å²) in [7, 11) is 1.90. The van der Waals surface area contributed by atoms with Crippen LogP contribution in [0.25, 0.3) is 0 Å². The van der Waals surface area contributed by atoms with Gasteiger partial charge in [0.2, 0.25) is 0 Å². The van der Waals surface area contributed by atoms with Crippen molar-refractivity contribution >= 4 is 17.7 Å². The maximum absolute atomic E-state index is 11.4. The van der Waals surface area contributed by atoms with Gasteiger partial charge in [0, 0.05) is 18.5 Å². The SMILES string of the molecule is CCOC(=O)c1nnc(SCc2cc(CC)nn2C)o1. The molecular weight excluding hydrogens is 280 g/mol. The molecule has 0 unspecified atom stereocenters. The number of carbonyl (C=O) groups excluding carboxylic acids is 1. The van der Waals surface area contributed by atoms with E-state index < -0.39 is 5.97 Å². The predicted octanol–water partition coefficient (Wildman–Crippen LogP) is 1.83. The molecule has 108 valence electrons. The molecule has 0 aliphatic carbocycles. The van der Waals surface area contributed by atoms with Crippen LogP contribution in [-0.2, 0) is 24.0 Å². The van der Waals surface area contributed by atoms with Gasteiger partial charge in [-0.25, -0.2) is 4.79 Å². The molecule has 0 aliphatic heterocycles. The molecule has 2 aromatic heterocycles. The van der Waals surface area contributed by atoms with Crippen molar-refractivity contribution in [1.82, 2.24) is 20.0 Å². The van der Waals surface area contributed by atoms with Crippen LogP contribution < -0.4 is 0 Å². The van der Waals surface area contributed by atoms with E-state index in [1.165, 1.54) is 11.8 Å². The zero-order valence-corrected chi connectivity index (χ0v) is 12.4. The maximum atomic E-state index is 11.4. The number of hydrogen-bond acceptors (Lipinski definition) is 7. The average Bonchev–Trinajstić information content (AvgIpc) is 3.03. The van der Waals surface area contributed by atoms with Gasteiger partial charge < -0.3 is 9.15 Å². The van der Waals surface area contributed by atoms with Crippen molar-refractivity contribution in [1.29, 1.82) is 0 Å². The Hall–Kier alpha value is -1.83. The smallest absolute Gasteiger partial charge is 0.396 e. The van der Waals surface area contributed by atoms with Crippen molar-refractivity contribution in [2.45, 2.75) is 31.2 Å². The lowest BCUT2D eigenvalue weighted by Crippen LogP contribution is -2.04. The highest BCUT2D eigenvalue weighted by molar-refractivity contribution is 7.98. The quantitative estimate of drug-likeness (QED) is 0.594. The first kappa shape index (κ1) is 14.6. The Bertz CT molecular complexity index is 593. The highest BCUT2D eigenvalue weighted by atomic mass is 32.2. The lowest BCUT2D eigenvalue weighted by Gasteiger charge is -1.98. The van der Waals surface area contributed by atoms with Crippen LogP contribution in [0.3, 0.4) is 0 Å². The van der Waals surface area contributed by atoms with Gasteiger partial charge >= 0.3 is 11.9 Å². The minimum Gasteiger partial charge on any atom is -0.459 e. The third kappa shape index (κ3) is 3.38. The van der Waals surface area contributed by atoms with Gasteiger partial charge in [-0.1, -0.05) is 23.8 Å². The second-order valence-corrected chi connectivity index (χ2v) is 4.91. The summed E-state index contributed by atoms with van der Waals surface area (Å²) >= 11 is 1.36. The van der Waals surface area contributed by atoms with Crippen molar-refractivity contribution in [3.05, 3.63) is 23.3 Å². The van der Waals surface area contributed by atoms with Crippen LogP contribution in [0.1, 0.15) is 35.9 Å². The Kier molecular flexibility index (Phi) is 4.78. The van der Waals surface area contributed by atoms with Crippen LogP contribution in [0, 0.1) is 0 Å². The molecule has 0 bridgehead atoms. The predicted molar refractivity (Wildman–Crippen MR) is 72.4 cm³/mol. The fraction of sp³-hybridized carbons (Fsp3) is 0.500. The van der Waals surface area contributed by atoms with Crippen molar-refractivity contribution in [3.63, 3.8) is 0 Å². The minimum atomic E-state index is -0.597. The topological polar surface area (TPSA) is 83.0 Å². The van der Waals surface area contributed by atoms with Crippen LogP contribution in [-0.4, -0.2) is 32.6 Å². The minimum absolute atomic E-state index is 0.117. The number of esters is 1. The molecule has 0 aliphatic rings. The molecule has 0 saturated carbocycles. The van der Waals surface area contributed by atoms with E-state index >= 15 is 0 Å². The van der Waals surface area contributed by atoms with Crippen LogP contribution in [0.15, 0.2) is 15.7 Å². The number of aromatic nitrogens is 4. The number of ether oxygens (including phenoxy) is 1. The van der Waals surface area contributed by atoms with E-state index in [1.807, 2.05) is 17.8 Å². The molecular formula is C12H16N4O3S. The number of nitrogens with zero attached hydrogens (tertiary/aromatic N) is 4. The first-order chi connectivity index (χ1) is 9.63. The first-order valence-electron chi connectivity index (χ1n) is 6.29. The molecule has 0 saturated heterocycles. The Morgan fingerprint density at radius 1 is 1.45 bits per heavy atom. The summed E-state index contributed by atoms with van der Waals surface area (Å²) in [6.07, 6.45) is 0.895. The highest BCUT2D eigenvalue weighted by Crippen LogP contribution is 2.22. The van der Waals surface area contributed by atoms with E-state index in [9.17, 15) is 4.79 Å². The van der Waals surface area contributed by atoms with Gasteiger partial charge in [-0.05, 0) is 19.4 Å². The summed E-state index contributed by atoms with van der Waals surface area (Å²) in [4.78, 5) is 11.4. The fourth-order valence-corrected chi connectivity index (χ4v) is 2.34. The molecule has 0 atom stereocenters. The van der Waals surface area contributed by atoms with Gasteiger partial charge in [-0.15, -0.1) is 5.10 Å². The van der Waals surface area contributed by atoms with E-state index in [0.29, 0.717) is 11.0 Å². The molecule has 0 fully saturated rings. The lowest BCUT2D eigenvalue weighted by atomic mass is 10.3. The van der Waals surface area contributed by atoms with Crippen molar-refractivity contribution in [2.75, 3.05) is 6.61 Å². The van der Waals surface area contributed by atoms with Gasteiger partial charge in [-0.3, -0.25) is 4.68 Å². The molecule has 0 spiro atoms. The standard InChI is InChI=1S/C12H16N4O3S/c1-4-8-6-9(16(3)15-8)7-20-12-14-13-10(19-12)11(17)18-5-2/h6H,4-5,7H2,1-3H3. The monoisotopic (exact) mass is 296 g/mol. The lowest BCUT2D eigenvalue weighted by molar-refractivity contribution is 0.0475. The maximum Gasteiger partial charge on any atom is 0.396 e. The molecule has 2 rings (SSSR count). The molecule has 0 aromatic carbocycles. The largest absolute Gasteiger partial charge is 0.459 e. The Morgan fingerprint density at radius 2 is 2.25 bits per heavy atom. The Labute approximate surface area is 120 Å². The van der Waals surface area contributed by atoms with Gasteiger partial charge in [0.25, 0.3) is 5.22 Å². The van der Waals surface area contributed by atoms with Crippen LogP contribution in [0.4, 0.5) is 0 Å². The van der Waals surface area contributed by atoms with Gasteiger partial charge in [0.1, 0.15) is 0 Å². The summed E-state index contributed by atoms with van der Waals surface area (Å²) in [6, 6.07) is 2.04. The van der Waals surface area contributed by atoms with Gasteiger partial charge in [0.05, 0.1) is 12.3 Å². The molecule has 2 heterocycles. The summed E-state index contributed by atoms with van der Waals surface area (Å²) in [5, 5.41) is 12.2. The van der Waals surface area contributed by atoms with E-state index in [0.717, 1.165) is 17.8 Å². The fourth-order valence-electron chi connectivity index (χ4n) is 1.56. The number of carbonyl (C=O) groups is 1. The summed E-state index contributed by atoms with van der Waals surface area (Å²) in [5.41, 5.74) is 2.10. The third-order valence-electron chi connectivity index (χ3n) is 2.59. The molecule has 0 N–H and O–H groups in total. The van der Waals surface area contributed by atoms with Crippen molar-refractivity contribution < 1.29 is 13.9 Å². The van der Waals surface area contributed by atoms with E-state index in [1.54, 1.807) is 6.92 Å². The number of rotatable bonds is 6. The number of aryl methyl sites for hydroxylation is 2. The molecule has 0 amide bonds. The normalized spacial score (nSPS) is 10.8. The average molecular weight is 296 g/mol. The zero-order chi connectivity index (χ0) is 14.5. The Balaban J connectivity index is 1.97. The Morgan fingerprint density at radius 3 is 2.90 bits per heavy atom. The zero-order valence-electron chi connectivity index (χ0n) is 11.6. The van der Waals surface area contributed by atoms with Gasteiger partial charge in [-0.2, -0.15) is 5.10 Å². The van der Waals surface area contributed by atoms with Crippen LogP contribution in [0.5, 0.6) is 0 Å². The molecule has 0 radical (unpaired) electrons. The third-order valence-corrected chi connectivity index (χ3v) is 3.44. The summed E-state index contributed by atoms with van der Waals surface area (Å²) in [6.45, 7) is 4.05. The molecule has 20 heavy (non-hydrogen) atoms. The van der Waals surface area contributed by atoms with Gasteiger partial charge in [0.15, 0.2) is 0 Å². The summed E-state index contributed by atoms with van der Waals surface area (Å²) in [5.74, 6) is -0.0669. The van der Waals surface area contributed by atoms with Crippen LogP contribution >= 0.6 is 11.8 Å². The first-order valence-corrected chi connectivity index (χ1v) is 7.27. The second kappa shape index (κ2) is 6.56. The molecule has 8 heteroatoms. The summed E-state index contributed by atoms with van der Waals surface area (Å²) < 4.78 is 11.8. The van der Waals surface area contributed by atoms with Crippen molar-refractivity contribution in [3.8, 4) is 0 Å². The van der Waals surface area contributed by atoms with Crippen LogP contribution in [0.2, 0.25) is 0 Å².